The van der Waals surface area contributed by atoms with Crippen molar-refractivity contribution in [3.05, 3.63) is 0 Å². The van der Waals surface area contributed by atoms with Crippen LogP contribution in [0.5, 0.6) is 0 Å². The van der Waals surface area contributed by atoms with Gasteiger partial charge in [0.1, 0.15) is 0 Å². The topological polar surface area (TPSA) is 23.6 Å². The van der Waals surface area contributed by atoms with Crippen molar-refractivity contribution < 1.29 is 4.79 Å². The molecule has 0 aliphatic carbocycles. The van der Waals surface area contributed by atoms with E-state index in [1.165, 1.54) is 0 Å². The SMILES string of the molecule is CCC(SC(=O)N1CCN(C)CC1)[Si](C)(C)C. The van der Waals surface area contributed by atoms with E-state index in [1.807, 2.05) is 4.90 Å². The molecule has 0 saturated carbocycles. The first-order chi connectivity index (χ1) is 7.84. The fourth-order valence-corrected chi connectivity index (χ4v) is 5.74. The van der Waals surface area contributed by atoms with E-state index in [4.69, 9.17) is 0 Å². The lowest BCUT2D eigenvalue weighted by Crippen LogP contribution is -2.47. The van der Waals surface area contributed by atoms with Gasteiger partial charge in [-0.25, -0.2) is 0 Å². The summed E-state index contributed by atoms with van der Waals surface area (Å²) in [4.78, 5) is 17.1. The Kier molecular flexibility index (Phi) is 5.53. The van der Waals surface area contributed by atoms with Crippen molar-refractivity contribution in [2.75, 3.05) is 33.2 Å². The Bertz CT molecular complexity index is 260. The van der Waals surface area contributed by atoms with E-state index in [1.54, 1.807) is 11.8 Å². The molecule has 3 nitrogen and oxygen atoms in total. The number of hydrogen-bond acceptors (Lipinski definition) is 3. The number of nitrogens with zero attached hydrogens (tertiary/aromatic N) is 2. The van der Waals surface area contributed by atoms with Crippen LogP contribution in [0.25, 0.3) is 0 Å². The maximum atomic E-state index is 12.2. The summed E-state index contributed by atoms with van der Waals surface area (Å²) < 4.78 is 0. The first-order valence-electron chi connectivity index (χ1n) is 6.48. The third-order valence-corrected chi connectivity index (χ3v) is 9.23. The number of piperazine rings is 1. The summed E-state index contributed by atoms with van der Waals surface area (Å²) in [5, 5.41) is 0.298. The zero-order valence-electron chi connectivity index (χ0n) is 11.8. The molecular weight excluding hydrogens is 248 g/mol. The minimum atomic E-state index is -1.22. The van der Waals surface area contributed by atoms with Crippen molar-refractivity contribution >= 4 is 25.1 Å². The minimum Gasteiger partial charge on any atom is -0.331 e. The van der Waals surface area contributed by atoms with Gasteiger partial charge in [0.05, 0.1) is 8.07 Å². The number of amides is 1. The van der Waals surface area contributed by atoms with Crippen LogP contribution >= 0.6 is 11.8 Å². The van der Waals surface area contributed by atoms with Gasteiger partial charge in [-0.15, -0.1) is 0 Å². The molecule has 1 amide bonds. The fraction of sp³-hybridized carbons (Fsp3) is 0.917. The maximum Gasteiger partial charge on any atom is 0.281 e. The Balaban J connectivity index is 2.48. The normalized spacial score (nSPS) is 20.4. The van der Waals surface area contributed by atoms with Gasteiger partial charge >= 0.3 is 0 Å². The molecule has 1 aliphatic heterocycles. The summed E-state index contributed by atoms with van der Waals surface area (Å²) in [6, 6.07) is 0. The number of thioether (sulfide) groups is 1. The van der Waals surface area contributed by atoms with Crippen LogP contribution in [0.3, 0.4) is 0 Å². The van der Waals surface area contributed by atoms with Crippen molar-refractivity contribution in [1.82, 2.24) is 9.80 Å². The summed E-state index contributed by atoms with van der Waals surface area (Å²) >= 11 is 1.59. The molecule has 0 aromatic rings. The lowest BCUT2D eigenvalue weighted by Gasteiger charge is -2.34. The molecule has 0 aromatic heterocycles. The average Bonchev–Trinajstić information content (AvgIpc) is 2.24. The highest BCUT2D eigenvalue weighted by molar-refractivity contribution is 8.15. The second kappa shape index (κ2) is 6.25. The van der Waals surface area contributed by atoms with Crippen molar-refractivity contribution in [2.45, 2.75) is 37.9 Å². The Labute approximate surface area is 111 Å². The van der Waals surface area contributed by atoms with Crippen LogP contribution in [-0.2, 0) is 0 Å². The van der Waals surface area contributed by atoms with Gasteiger partial charge in [-0.3, -0.25) is 4.79 Å². The summed E-state index contributed by atoms with van der Waals surface area (Å²) in [7, 11) is 0.895. The molecule has 1 rings (SSSR count). The third-order valence-electron chi connectivity index (χ3n) is 3.34. The number of hydrogen-bond donors (Lipinski definition) is 0. The first kappa shape index (κ1) is 15.1. The smallest absolute Gasteiger partial charge is 0.281 e. The maximum absolute atomic E-state index is 12.2. The van der Waals surface area contributed by atoms with Gasteiger partial charge in [0.2, 0.25) is 0 Å². The lowest BCUT2D eigenvalue weighted by molar-refractivity contribution is 0.172. The first-order valence-corrected chi connectivity index (χ1v) is 10.9. The zero-order valence-corrected chi connectivity index (χ0v) is 13.6. The van der Waals surface area contributed by atoms with Crippen LogP contribution in [-0.4, -0.2) is 61.2 Å². The molecule has 0 spiro atoms. The molecule has 0 aromatic carbocycles. The zero-order chi connectivity index (χ0) is 13.1. The van der Waals surface area contributed by atoms with E-state index >= 15 is 0 Å². The Morgan fingerprint density at radius 3 is 2.18 bits per heavy atom. The molecule has 17 heavy (non-hydrogen) atoms. The van der Waals surface area contributed by atoms with Crippen molar-refractivity contribution in [2.24, 2.45) is 0 Å². The average molecular weight is 275 g/mol. The fourth-order valence-electron chi connectivity index (χ4n) is 2.06. The predicted molar refractivity (Wildman–Crippen MR) is 79.5 cm³/mol. The number of carbonyl (C=O) groups is 1. The van der Waals surface area contributed by atoms with E-state index in [2.05, 4.69) is 38.5 Å². The van der Waals surface area contributed by atoms with E-state index in [0.29, 0.717) is 10.1 Å². The molecule has 5 heteroatoms. The van der Waals surface area contributed by atoms with Crippen LogP contribution in [0.2, 0.25) is 19.6 Å². The van der Waals surface area contributed by atoms with Crippen LogP contribution in [0.1, 0.15) is 13.3 Å². The summed E-state index contributed by atoms with van der Waals surface area (Å²) in [5.74, 6) is 0. The molecule has 0 bridgehead atoms. The van der Waals surface area contributed by atoms with Gasteiger partial charge in [0.25, 0.3) is 5.24 Å². The second-order valence-electron chi connectivity index (χ2n) is 5.94. The highest BCUT2D eigenvalue weighted by Gasteiger charge is 2.30. The van der Waals surface area contributed by atoms with Gasteiger partial charge in [0, 0.05) is 31.1 Å². The lowest BCUT2D eigenvalue weighted by atomic mass is 10.4. The predicted octanol–water partition coefficient (Wildman–Crippen LogP) is 2.74. The van der Waals surface area contributed by atoms with Crippen LogP contribution < -0.4 is 0 Å². The van der Waals surface area contributed by atoms with E-state index in [9.17, 15) is 4.79 Å². The van der Waals surface area contributed by atoms with Gasteiger partial charge in [0.15, 0.2) is 0 Å². The van der Waals surface area contributed by atoms with Crippen LogP contribution in [0.4, 0.5) is 4.79 Å². The van der Waals surface area contributed by atoms with E-state index in [-0.39, 0.29) is 0 Å². The van der Waals surface area contributed by atoms with Crippen LogP contribution in [0, 0.1) is 0 Å². The van der Waals surface area contributed by atoms with Gasteiger partial charge in [-0.2, -0.15) is 0 Å². The highest BCUT2D eigenvalue weighted by Crippen LogP contribution is 2.27. The second-order valence-corrected chi connectivity index (χ2v) is 12.9. The molecular formula is C12H26N2OSSi. The van der Waals surface area contributed by atoms with Gasteiger partial charge in [-0.05, 0) is 13.5 Å². The summed E-state index contributed by atoms with van der Waals surface area (Å²) in [5.41, 5.74) is 0. The Morgan fingerprint density at radius 2 is 1.76 bits per heavy atom. The molecule has 100 valence electrons. The van der Waals surface area contributed by atoms with Crippen molar-refractivity contribution in [1.29, 1.82) is 0 Å². The van der Waals surface area contributed by atoms with Crippen molar-refractivity contribution in [3.63, 3.8) is 0 Å². The molecule has 0 radical (unpaired) electrons. The largest absolute Gasteiger partial charge is 0.331 e. The standard InChI is InChI=1S/C12H26N2OSSi/c1-6-11(17(3,4)5)16-12(15)14-9-7-13(2)8-10-14/h11H,6-10H2,1-5H3. The molecule has 1 fully saturated rings. The van der Waals surface area contributed by atoms with Crippen molar-refractivity contribution in [3.8, 4) is 0 Å². The van der Waals surface area contributed by atoms with E-state index in [0.717, 1.165) is 32.6 Å². The quantitative estimate of drug-likeness (QED) is 0.739. The van der Waals surface area contributed by atoms with Gasteiger partial charge in [-0.1, -0.05) is 38.3 Å². The monoisotopic (exact) mass is 274 g/mol. The molecule has 1 atom stereocenters. The molecule has 1 aliphatic rings. The Hall–Kier alpha value is -0.00312. The number of likely N-dealkylation sites (N-methyl/N-ethyl adjacent to an activating group) is 1. The highest BCUT2D eigenvalue weighted by atomic mass is 32.2. The number of rotatable bonds is 3. The van der Waals surface area contributed by atoms with Gasteiger partial charge < -0.3 is 9.80 Å². The summed E-state index contributed by atoms with van der Waals surface area (Å²) in [6.45, 7) is 13.1. The Morgan fingerprint density at radius 1 is 1.24 bits per heavy atom. The molecule has 0 N–H and O–H groups in total. The minimum absolute atomic E-state index is 0.298. The molecule has 1 unspecified atom stereocenters. The summed E-state index contributed by atoms with van der Waals surface area (Å²) in [6.07, 6.45) is 1.11. The molecule has 1 heterocycles. The number of carbonyl (C=O) groups excluding carboxylic acids is 1. The molecule has 1 saturated heterocycles. The van der Waals surface area contributed by atoms with Crippen LogP contribution in [0.15, 0.2) is 0 Å². The third kappa shape index (κ3) is 4.64. The van der Waals surface area contributed by atoms with E-state index < -0.39 is 8.07 Å².